The minimum atomic E-state index is -0.524. The van der Waals surface area contributed by atoms with Gasteiger partial charge in [-0.15, -0.1) is 0 Å². The number of rotatable bonds is 12. The molecule has 0 aliphatic carbocycles. The van der Waals surface area contributed by atoms with Crippen LogP contribution < -0.4 is 9.47 Å². The molecule has 178 valence electrons. The Balaban J connectivity index is 2.33. The van der Waals surface area contributed by atoms with Gasteiger partial charge in [-0.3, -0.25) is 14.5 Å². The van der Waals surface area contributed by atoms with Gasteiger partial charge in [-0.2, -0.15) is 5.26 Å². The third-order valence-electron chi connectivity index (χ3n) is 5.89. The van der Waals surface area contributed by atoms with E-state index < -0.39 is 5.91 Å². The number of nitriles is 1. The van der Waals surface area contributed by atoms with Gasteiger partial charge in [0, 0.05) is 11.6 Å². The molecule has 0 spiro atoms. The molecular weight excluding hydrogens is 416 g/mol. The fraction of sp³-hybridized carbons (Fsp3) is 0.519. The van der Waals surface area contributed by atoms with Crippen LogP contribution >= 0.6 is 0 Å². The van der Waals surface area contributed by atoms with Crippen molar-refractivity contribution in [1.82, 2.24) is 4.90 Å². The highest BCUT2D eigenvalue weighted by molar-refractivity contribution is 6.19. The van der Waals surface area contributed by atoms with Crippen molar-refractivity contribution in [2.75, 3.05) is 13.2 Å². The fourth-order valence-corrected chi connectivity index (χ4v) is 3.74. The van der Waals surface area contributed by atoms with E-state index in [4.69, 9.17) is 9.47 Å². The second-order valence-corrected chi connectivity index (χ2v) is 8.31. The lowest BCUT2D eigenvalue weighted by molar-refractivity contribution is -0.142. The standard InChI is InChI=1S/C27H36N2O4/c1-6-9-10-11-12-15-33-24-14-13-21(17-25(24)32-8-3)16-22-20(5)23(18-28)27(31)29(26(22)30)19(4)7-2/h13-14,16-17,19H,6-12,15H2,1-5H3/b22-16+. The lowest BCUT2D eigenvalue weighted by atomic mass is 9.92. The van der Waals surface area contributed by atoms with Gasteiger partial charge < -0.3 is 9.47 Å². The third-order valence-corrected chi connectivity index (χ3v) is 5.89. The van der Waals surface area contributed by atoms with Gasteiger partial charge in [0.2, 0.25) is 0 Å². The molecule has 0 fully saturated rings. The maximum atomic E-state index is 13.2. The first-order valence-corrected chi connectivity index (χ1v) is 12.0. The largest absolute Gasteiger partial charge is 0.490 e. The number of carbonyl (C=O) groups excluding carboxylic acids is 2. The summed E-state index contributed by atoms with van der Waals surface area (Å²) >= 11 is 0. The van der Waals surface area contributed by atoms with Crippen molar-refractivity contribution >= 4 is 17.9 Å². The molecule has 1 aliphatic rings. The van der Waals surface area contributed by atoms with E-state index in [-0.39, 0.29) is 17.5 Å². The van der Waals surface area contributed by atoms with Crippen molar-refractivity contribution in [2.45, 2.75) is 79.2 Å². The van der Waals surface area contributed by atoms with E-state index in [1.54, 1.807) is 13.0 Å². The highest BCUT2D eigenvalue weighted by atomic mass is 16.5. The average Bonchev–Trinajstić information content (AvgIpc) is 2.80. The van der Waals surface area contributed by atoms with E-state index >= 15 is 0 Å². The van der Waals surface area contributed by atoms with Gasteiger partial charge in [-0.25, -0.2) is 0 Å². The number of unbranched alkanes of at least 4 members (excludes halogenated alkanes) is 4. The summed E-state index contributed by atoms with van der Waals surface area (Å²) in [6, 6.07) is 7.23. The quantitative estimate of drug-likeness (QED) is 0.227. The molecule has 1 aromatic carbocycles. The molecule has 0 bridgehead atoms. The molecular formula is C27H36N2O4. The molecule has 6 heteroatoms. The number of benzene rings is 1. The van der Waals surface area contributed by atoms with Crippen molar-refractivity contribution in [3.8, 4) is 17.6 Å². The number of imide groups is 1. The van der Waals surface area contributed by atoms with E-state index in [9.17, 15) is 14.9 Å². The number of hydrogen-bond acceptors (Lipinski definition) is 5. The highest BCUT2D eigenvalue weighted by Gasteiger charge is 2.37. The number of carbonyl (C=O) groups is 2. The number of amides is 2. The van der Waals surface area contributed by atoms with Gasteiger partial charge in [0.05, 0.1) is 13.2 Å². The van der Waals surface area contributed by atoms with Gasteiger partial charge in [-0.1, -0.05) is 45.6 Å². The molecule has 0 saturated carbocycles. The number of nitrogens with zero attached hydrogens (tertiary/aromatic N) is 2. The van der Waals surface area contributed by atoms with Crippen molar-refractivity contribution in [1.29, 1.82) is 5.26 Å². The van der Waals surface area contributed by atoms with E-state index in [0.717, 1.165) is 18.4 Å². The van der Waals surface area contributed by atoms with E-state index in [1.807, 2.05) is 45.0 Å². The Morgan fingerprint density at radius 3 is 2.39 bits per heavy atom. The van der Waals surface area contributed by atoms with E-state index in [1.165, 1.54) is 24.2 Å². The number of hydrogen-bond donors (Lipinski definition) is 0. The summed E-state index contributed by atoms with van der Waals surface area (Å²) in [5, 5.41) is 9.54. The van der Waals surface area contributed by atoms with Crippen LogP contribution in [0.15, 0.2) is 34.9 Å². The van der Waals surface area contributed by atoms with Crippen LogP contribution in [0.1, 0.15) is 78.7 Å². The predicted molar refractivity (Wildman–Crippen MR) is 130 cm³/mol. The summed E-state index contributed by atoms with van der Waals surface area (Å²) in [5.74, 6) is 0.381. The van der Waals surface area contributed by atoms with Crippen LogP contribution in [0.2, 0.25) is 0 Å². The molecule has 1 aromatic rings. The Labute approximate surface area is 197 Å². The molecule has 33 heavy (non-hydrogen) atoms. The smallest absolute Gasteiger partial charge is 0.271 e. The SMILES string of the molecule is CCCCCCCOc1ccc(/C=C2/C(=O)N(C(C)CC)C(=O)C(C#N)=C2C)cc1OCC. The Morgan fingerprint density at radius 2 is 1.76 bits per heavy atom. The zero-order valence-electron chi connectivity index (χ0n) is 20.6. The Bertz CT molecular complexity index is 955. The van der Waals surface area contributed by atoms with Crippen LogP contribution in [-0.2, 0) is 9.59 Å². The predicted octanol–water partition coefficient (Wildman–Crippen LogP) is 5.83. The maximum absolute atomic E-state index is 13.2. The average molecular weight is 453 g/mol. The van der Waals surface area contributed by atoms with Crippen molar-refractivity contribution < 1.29 is 19.1 Å². The van der Waals surface area contributed by atoms with E-state index in [2.05, 4.69) is 6.92 Å². The van der Waals surface area contributed by atoms with Crippen LogP contribution in [0.3, 0.4) is 0 Å². The molecule has 1 unspecified atom stereocenters. The Kier molecular flexibility index (Phi) is 10.2. The Hall–Kier alpha value is -3.07. The minimum Gasteiger partial charge on any atom is -0.490 e. The van der Waals surface area contributed by atoms with Gasteiger partial charge >= 0.3 is 0 Å². The van der Waals surface area contributed by atoms with E-state index in [0.29, 0.717) is 42.3 Å². The molecule has 1 aliphatic heterocycles. The first kappa shape index (κ1) is 26.2. The monoisotopic (exact) mass is 452 g/mol. The van der Waals surface area contributed by atoms with Gasteiger partial charge in [-0.05, 0) is 63.0 Å². The topological polar surface area (TPSA) is 79.6 Å². The fourth-order valence-electron chi connectivity index (χ4n) is 3.74. The second kappa shape index (κ2) is 12.8. The molecule has 2 amide bonds. The summed E-state index contributed by atoms with van der Waals surface area (Å²) in [7, 11) is 0. The van der Waals surface area contributed by atoms with Crippen molar-refractivity contribution in [2.24, 2.45) is 0 Å². The normalized spacial score (nSPS) is 16.2. The third kappa shape index (κ3) is 6.47. The molecule has 1 atom stereocenters. The summed E-state index contributed by atoms with van der Waals surface area (Å²) in [6.45, 7) is 10.6. The first-order chi connectivity index (χ1) is 15.9. The zero-order valence-corrected chi connectivity index (χ0v) is 20.6. The second-order valence-electron chi connectivity index (χ2n) is 8.31. The van der Waals surface area contributed by atoms with Crippen LogP contribution in [0.5, 0.6) is 11.5 Å². The molecule has 0 radical (unpaired) electrons. The van der Waals surface area contributed by atoms with Gasteiger partial charge in [0.15, 0.2) is 11.5 Å². The minimum absolute atomic E-state index is 0.00853. The zero-order chi connectivity index (χ0) is 24.4. The van der Waals surface area contributed by atoms with Gasteiger partial charge in [0.25, 0.3) is 11.8 Å². The van der Waals surface area contributed by atoms with Crippen LogP contribution in [0.4, 0.5) is 0 Å². The van der Waals surface area contributed by atoms with Crippen molar-refractivity contribution in [3.63, 3.8) is 0 Å². The molecule has 2 rings (SSSR count). The van der Waals surface area contributed by atoms with Crippen LogP contribution in [-0.4, -0.2) is 36.0 Å². The van der Waals surface area contributed by atoms with Crippen LogP contribution in [0, 0.1) is 11.3 Å². The summed E-state index contributed by atoms with van der Waals surface area (Å²) < 4.78 is 11.7. The first-order valence-electron chi connectivity index (χ1n) is 12.0. The number of ether oxygens (including phenoxy) is 2. The lowest BCUT2D eigenvalue weighted by Gasteiger charge is -2.31. The van der Waals surface area contributed by atoms with Gasteiger partial charge in [0.1, 0.15) is 11.6 Å². The maximum Gasteiger partial charge on any atom is 0.271 e. The summed E-state index contributed by atoms with van der Waals surface area (Å²) in [4.78, 5) is 27.1. The van der Waals surface area contributed by atoms with Crippen molar-refractivity contribution in [3.05, 3.63) is 40.5 Å². The molecule has 0 aromatic heterocycles. The molecule has 6 nitrogen and oxygen atoms in total. The molecule has 1 heterocycles. The Morgan fingerprint density at radius 1 is 1.03 bits per heavy atom. The van der Waals surface area contributed by atoms with Crippen LogP contribution in [0.25, 0.3) is 6.08 Å². The molecule has 0 N–H and O–H groups in total. The summed E-state index contributed by atoms with van der Waals surface area (Å²) in [5.41, 5.74) is 1.50. The summed E-state index contributed by atoms with van der Waals surface area (Å²) in [6.07, 6.45) is 8.13. The lowest BCUT2D eigenvalue weighted by Crippen LogP contribution is -2.47. The highest BCUT2D eigenvalue weighted by Crippen LogP contribution is 2.33. The molecule has 0 saturated heterocycles.